The molecule has 27 heavy (non-hydrogen) atoms. The summed E-state index contributed by atoms with van der Waals surface area (Å²) in [7, 11) is 4.75. The van der Waals surface area contributed by atoms with Crippen molar-refractivity contribution in [3.63, 3.8) is 0 Å². The van der Waals surface area contributed by atoms with E-state index in [1.807, 2.05) is 0 Å². The van der Waals surface area contributed by atoms with Crippen LogP contribution in [-0.4, -0.2) is 43.5 Å². The summed E-state index contributed by atoms with van der Waals surface area (Å²) in [6.45, 7) is 0.259. The van der Waals surface area contributed by atoms with E-state index in [-0.39, 0.29) is 17.4 Å². The number of rotatable bonds is 5. The zero-order valence-electron chi connectivity index (χ0n) is 14.8. The lowest BCUT2D eigenvalue weighted by Gasteiger charge is -2.07. The van der Waals surface area contributed by atoms with Crippen LogP contribution in [0.25, 0.3) is 28.1 Å². The van der Waals surface area contributed by atoms with Crippen molar-refractivity contribution in [3.05, 3.63) is 41.5 Å². The zero-order valence-corrected chi connectivity index (χ0v) is 15.6. The Kier molecular flexibility index (Phi) is 4.33. The molecular formula is C17H16ClFN6O2. The van der Waals surface area contributed by atoms with Gasteiger partial charge in [-0.15, -0.1) is 0 Å². The van der Waals surface area contributed by atoms with Crippen LogP contribution in [0.15, 0.2) is 24.8 Å². The maximum Gasteiger partial charge on any atom is 0.176 e. The Morgan fingerprint density at radius 3 is 2.81 bits per heavy atom. The van der Waals surface area contributed by atoms with E-state index >= 15 is 4.39 Å². The topological polar surface area (TPSA) is 82.8 Å². The van der Waals surface area contributed by atoms with Crippen LogP contribution in [0.3, 0.4) is 0 Å². The van der Waals surface area contributed by atoms with E-state index in [1.54, 1.807) is 48.1 Å². The maximum absolute atomic E-state index is 15.1. The van der Waals surface area contributed by atoms with Gasteiger partial charge < -0.3 is 18.6 Å². The van der Waals surface area contributed by atoms with E-state index in [2.05, 4.69) is 20.2 Å². The summed E-state index contributed by atoms with van der Waals surface area (Å²) in [5.74, 6) is 0.639. The molecule has 1 N–H and O–H groups in total. The number of nitrogens with one attached hydrogen (secondary N) is 1. The normalized spacial score (nSPS) is 11.4. The molecule has 0 aliphatic rings. The van der Waals surface area contributed by atoms with Gasteiger partial charge in [-0.25, -0.2) is 14.4 Å². The van der Waals surface area contributed by atoms with E-state index in [9.17, 15) is 0 Å². The first-order valence-electron chi connectivity index (χ1n) is 8.00. The van der Waals surface area contributed by atoms with Gasteiger partial charge in [0.25, 0.3) is 0 Å². The number of ether oxygens (including phenoxy) is 2. The number of hydrogen-bond acceptors (Lipinski definition) is 5. The lowest BCUT2D eigenvalue weighted by Crippen LogP contribution is -1.99. The van der Waals surface area contributed by atoms with Crippen molar-refractivity contribution in [2.45, 2.75) is 6.61 Å². The van der Waals surface area contributed by atoms with E-state index in [0.29, 0.717) is 33.9 Å². The fourth-order valence-corrected chi connectivity index (χ4v) is 3.39. The largest absolute Gasteiger partial charge is 0.495 e. The number of H-pyrrole nitrogens is 1. The van der Waals surface area contributed by atoms with Gasteiger partial charge in [0.05, 0.1) is 24.6 Å². The molecule has 0 spiro atoms. The minimum Gasteiger partial charge on any atom is -0.495 e. The van der Waals surface area contributed by atoms with Crippen LogP contribution in [0.1, 0.15) is 5.82 Å². The molecule has 3 aromatic heterocycles. The fourth-order valence-electron chi connectivity index (χ4n) is 3.17. The predicted octanol–water partition coefficient (Wildman–Crippen LogP) is 3.10. The van der Waals surface area contributed by atoms with Crippen molar-refractivity contribution in [2.24, 2.45) is 7.05 Å². The van der Waals surface area contributed by atoms with Crippen molar-refractivity contribution >= 4 is 22.5 Å². The molecule has 0 saturated carbocycles. The van der Waals surface area contributed by atoms with E-state index < -0.39 is 5.82 Å². The number of benzene rings is 1. The number of nitrogens with zero attached hydrogens (tertiary/aromatic N) is 5. The molecule has 140 valence electrons. The third kappa shape index (κ3) is 2.66. The van der Waals surface area contributed by atoms with Crippen molar-refractivity contribution in [3.8, 4) is 23.0 Å². The van der Waals surface area contributed by atoms with Crippen molar-refractivity contribution in [2.75, 3.05) is 14.2 Å². The molecule has 4 rings (SSSR count). The summed E-state index contributed by atoms with van der Waals surface area (Å²) in [5.41, 5.74) is 1.63. The van der Waals surface area contributed by atoms with Crippen LogP contribution in [0.4, 0.5) is 4.39 Å². The lowest BCUT2D eigenvalue weighted by molar-refractivity contribution is 0.178. The highest BCUT2D eigenvalue weighted by Crippen LogP contribution is 2.41. The molecule has 0 amide bonds. The molecule has 0 aliphatic carbocycles. The number of halogens is 2. The van der Waals surface area contributed by atoms with Crippen molar-refractivity contribution in [1.82, 2.24) is 29.3 Å². The zero-order chi connectivity index (χ0) is 19.1. The molecule has 3 heterocycles. The average molecular weight is 391 g/mol. The highest BCUT2D eigenvalue weighted by Gasteiger charge is 2.26. The predicted molar refractivity (Wildman–Crippen MR) is 97.7 cm³/mol. The Morgan fingerprint density at radius 2 is 2.15 bits per heavy atom. The number of aromatic amines is 1. The van der Waals surface area contributed by atoms with E-state index in [0.717, 1.165) is 0 Å². The van der Waals surface area contributed by atoms with Gasteiger partial charge in [-0.3, -0.25) is 5.10 Å². The molecule has 0 saturated heterocycles. The molecule has 10 heteroatoms. The third-order valence-corrected chi connectivity index (χ3v) is 4.66. The molecule has 0 bridgehead atoms. The molecule has 0 atom stereocenters. The van der Waals surface area contributed by atoms with Crippen LogP contribution in [0, 0.1) is 5.82 Å². The van der Waals surface area contributed by atoms with Crippen LogP contribution in [0.2, 0.25) is 5.02 Å². The SMILES string of the molecule is COCc1n[nH]c(-c2c(-n3ccnc3)c3cc(OC)c(Cl)c(F)c3n2C)n1. The number of aromatic nitrogens is 6. The van der Waals surface area contributed by atoms with Crippen LogP contribution < -0.4 is 4.74 Å². The molecular weight excluding hydrogens is 375 g/mol. The lowest BCUT2D eigenvalue weighted by atomic mass is 10.2. The van der Waals surface area contributed by atoms with Gasteiger partial charge in [0.2, 0.25) is 0 Å². The van der Waals surface area contributed by atoms with Crippen LogP contribution in [-0.2, 0) is 18.4 Å². The molecule has 0 unspecified atom stereocenters. The Labute approximate surface area is 158 Å². The Hall–Kier alpha value is -2.91. The van der Waals surface area contributed by atoms with Gasteiger partial charge in [0, 0.05) is 31.9 Å². The van der Waals surface area contributed by atoms with E-state index in [1.165, 1.54) is 7.11 Å². The summed E-state index contributed by atoms with van der Waals surface area (Å²) in [4.78, 5) is 8.56. The highest BCUT2D eigenvalue weighted by molar-refractivity contribution is 6.33. The summed E-state index contributed by atoms with van der Waals surface area (Å²) in [6, 6.07) is 1.70. The van der Waals surface area contributed by atoms with Crippen LogP contribution >= 0.6 is 11.6 Å². The number of hydrogen-bond donors (Lipinski definition) is 1. The molecule has 8 nitrogen and oxygen atoms in total. The first-order chi connectivity index (χ1) is 13.1. The fraction of sp³-hybridized carbons (Fsp3) is 0.235. The van der Waals surface area contributed by atoms with Gasteiger partial charge in [0.15, 0.2) is 17.5 Å². The first-order valence-corrected chi connectivity index (χ1v) is 8.37. The van der Waals surface area contributed by atoms with Gasteiger partial charge in [-0.2, -0.15) is 5.10 Å². The Balaban J connectivity index is 2.09. The summed E-state index contributed by atoms with van der Waals surface area (Å²) >= 11 is 6.14. The van der Waals surface area contributed by atoms with Gasteiger partial charge in [0.1, 0.15) is 23.1 Å². The number of methoxy groups -OCH3 is 2. The first kappa shape index (κ1) is 17.5. The number of imidazole rings is 1. The number of aryl methyl sites for hydroxylation is 1. The molecule has 0 fully saturated rings. The summed E-state index contributed by atoms with van der Waals surface area (Å²) in [5, 5.41) is 7.57. The monoisotopic (exact) mass is 390 g/mol. The van der Waals surface area contributed by atoms with E-state index in [4.69, 9.17) is 21.1 Å². The maximum atomic E-state index is 15.1. The van der Waals surface area contributed by atoms with Gasteiger partial charge in [-0.1, -0.05) is 11.6 Å². The van der Waals surface area contributed by atoms with Crippen LogP contribution in [0.5, 0.6) is 5.75 Å². The highest BCUT2D eigenvalue weighted by atomic mass is 35.5. The smallest absolute Gasteiger partial charge is 0.176 e. The molecule has 4 aromatic rings. The standard InChI is InChI=1S/C17H16ClFN6O2/c1-24-14-9(6-10(27-3)12(18)13(14)19)15(25-5-4-20-8-25)16(24)17-21-11(7-26-2)22-23-17/h4-6,8H,7H2,1-3H3,(H,21,22,23). The quantitative estimate of drug-likeness (QED) is 0.566. The van der Waals surface area contributed by atoms with Gasteiger partial charge in [-0.05, 0) is 6.07 Å². The third-order valence-electron chi connectivity index (χ3n) is 4.31. The number of fused-ring (bicyclic) bond motifs is 1. The Morgan fingerprint density at radius 1 is 1.33 bits per heavy atom. The van der Waals surface area contributed by atoms with Crippen molar-refractivity contribution in [1.29, 1.82) is 0 Å². The second-order valence-corrected chi connectivity index (χ2v) is 6.24. The average Bonchev–Trinajstić information content (AvgIpc) is 3.37. The molecule has 0 radical (unpaired) electrons. The molecule has 1 aromatic carbocycles. The second-order valence-electron chi connectivity index (χ2n) is 5.86. The summed E-state index contributed by atoms with van der Waals surface area (Å²) < 4.78 is 28.8. The Bertz CT molecular complexity index is 1120. The molecule has 0 aliphatic heterocycles. The van der Waals surface area contributed by atoms with Gasteiger partial charge >= 0.3 is 0 Å². The summed E-state index contributed by atoms with van der Waals surface area (Å²) in [6.07, 6.45) is 5.04. The minimum atomic E-state index is -0.572. The van der Waals surface area contributed by atoms with Crippen molar-refractivity contribution < 1.29 is 13.9 Å². The minimum absolute atomic E-state index is 0.0769. The second kappa shape index (κ2) is 6.67.